The van der Waals surface area contributed by atoms with E-state index in [4.69, 9.17) is 5.26 Å². The molecule has 2 N–H and O–H groups in total. The Morgan fingerprint density at radius 3 is 2.48 bits per heavy atom. The summed E-state index contributed by atoms with van der Waals surface area (Å²) in [5.74, 6) is 0.164. The number of H-pyrrole nitrogens is 1. The van der Waals surface area contributed by atoms with Crippen LogP contribution in [0.15, 0.2) is 65.6 Å². The molecule has 0 atom stereocenters. The van der Waals surface area contributed by atoms with E-state index in [1.54, 1.807) is 18.2 Å². The molecule has 1 aromatic heterocycles. The summed E-state index contributed by atoms with van der Waals surface area (Å²) in [5, 5.41) is 15.8. The predicted molar refractivity (Wildman–Crippen MR) is 86.0 cm³/mol. The van der Waals surface area contributed by atoms with Crippen molar-refractivity contribution < 1.29 is 8.42 Å². The van der Waals surface area contributed by atoms with Crippen LogP contribution in [0.25, 0.3) is 11.3 Å². The Hall–Kier alpha value is -3.11. The number of anilines is 1. The van der Waals surface area contributed by atoms with Gasteiger partial charge in [0.25, 0.3) is 10.0 Å². The first kappa shape index (κ1) is 14.8. The number of nitrogens with zero attached hydrogens (tertiary/aromatic N) is 2. The Kier molecular flexibility index (Phi) is 3.83. The largest absolute Gasteiger partial charge is 0.276 e. The van der Waals surface area contributed by atoms with Crippen LogP contribution in [0.2, 0.25) is 0 Å². The highest BCUT2D eigenvalue weighted by Crippen LogP contribution is 2.22. The van der Waals surface area contributed by atoms with Crippen LogP contribution in [0.4, 0.5) is 5.82 Å². The normalized spacial score (nSPS) is 10.9. The number of hydrogen-bond acceptors (Lipinski definition) is 4. The zero-order chi connectivity index (χ0) is 16.3. The van der Waals surface area contributed by atoms with Gasteiger partial charge in [0.15, 0.2) is 5.82 Å². The highest BCUT2D eigenvalue weighted by molar-refractivity contribution is 7.92. The average molecular weight is 324 g/mol. The Balaban J connectivity index is 1.90. The molecule has 0 aliphatic rings. The maximum Gasteiger partial charge on any atom is 0.264 e. The maximum absolute atomic E-state index is 12.4. The predicted octanol–water partition coefficient (Wildman–Crippen LogP) is 2.75. The van der Waals surface area contributed by atoms with Crippen LogP contribution >= 0.6 is 0 Å². The first-order chi connectivity index (χ1) is 11.1. The number of nitriles is 1. The van der Waals surface area contributed by atoms with Gasteiger partial charge in [-0.05, 0) is 17.7 Å². The molecular formula is C16H12N4O2S. The Bertz CT molecular complexity index is 973. The molecule has 1 heterocycles. The van der Waals surface area contributed by atoms with Crippen LogP contribution in [0.1, 0.15) is 5.56 Å². The Morgan fingerprint density at radius 2 is 1.74 bits per heavy atom. The van der Waals surface area contributed by atoms with Crippen molar-refractivity contribution >= 4 is 15.8 Å². The van der Waals surface area contributed by atoms with Crippen LogP contribution in [-0.4, -0.2) is 18.6 Å². The third kappa shape index (κ3) is 3.07. The van der Waals surface area contributed by atoms with Gasteiger partial charge in [-0.1, -0.05) is 42.5 Å². The molecule has 0 spiro atoms. The summed E-state index contributed by atoms with van der Waals surface area (Å²) in [5.41, 5.74) is 1.67. The summed E-state index contributed by atoms with van der Waals surface area (Å²) in [6.07, 6.45) is 0. The van der Waals surface area contributed by atoms with Crippen molar-refractivity contribution in [3.8, 4) is 17.3 Å². The second-order valence-electron chi connectivity index (χ2n) is 4.75. The lowest BCUT2D eigenvalue weighted by Crippen LogP contribution is -2.14. The minimum atomic E-state index is -3.88. The number of sulfonamides is 1. The van der Waals surface area contributed by atoms with E-state index in [0.717, 1.165) is 5.56 Å². The number of hydrogen-bond donors (Lipinski definition) is 2. The lowest BCUT2D eigenvalue weighted by Gasteiger charge is -2.06. The molecule has 23 heavy (non-hydrogen) atoms. The van der Waals surface area contributed by atoms with Crippen molar-refractivity contribution in [2.24, 2.45) is 0 Å². The summed E-state index contributed by atoms with van der Waals surface area (Å²) in [6.45, 7) is 0. The number of benzene rings is 2. The van der Waals surface area contributed by atoms with Crippen molar-refractivity contribution in [3.05, 3.63) is 66.2 Å². The van der Waals surface area contributed by atoms with Gasteiger partial charge in [-0.25, -0.2) is 8.42 Å². The summed E-state index contributed by atoms with van der Waals surface area (Å²) in [7, 11) is -3.88. The fourth-order valence-electron chi connectivity index (χ4n) is 2.13. The van der Waals surface area contributed by atoms with Crippen molar-refractivity contribution in [3.63, 3.8) is 0 Å². The van der Waals surface area contributed by atoms with Crippen molar-refractivity contribution in [1.29, 1.82) is 5.26 Å². The smallest absolute Gasteiger partial charge is 0.264 e. The van der Waals surface area contributed by atoms with Gasteiger partial charge in [0.05, 0.1) is 11.3 Å². The van der Waals surface area contributed by atoms with E-state index >= 15 is 0 Å². The molecule has 3 rings (SSSR count). The molecule has 6 nitrogen and oxygen atoms in total. The monoisotopic (exact) mass is 324 g/mol. The van der Waals surface area contributed by atoms with Gasteiger partial charge in [0, 0.05) is 6.07 Å². The SMILES string of the molecule is N#Cc1ccccc1S(=O)(=O)Nc1cc(-c2ccccc2)[nH]n1. The van der Waals surface area contributed by atoms with Gasteiger partial charge in [0.2, 0.25) is 0 Å². The summed E-state index contributed by atoms with van der Waals surface area (Å²) in [4.78, 5) is -0.0771. The Labute approximate surface area is 133 Å². The first-order valence-corrected chi connectivity index (χ1v) is 8.21. The molecule has 0 aliphatic heterocycles. The number of nitrogens with one attached hydrogen (secondary N) is 2. The quantitative estimate of drug-likeness (QED) is 0.771. The molecule has 0 amide bonds. The van der Waals surface area contributed by atoms with Crippen LogP contribution in [0.3, 0.4) is 0 Å². The van der Waals surface area contributed by atoms with Crippen molar-refractivity contribution in [1.82, 2.24) is 10.2 Å². The second kappa shape index (κ2) is 5.94. The van der Waals surface area contributed by atoms with E-state index in [1.165, 1.54) is 12.1 Å². The average Bonchev–Trinajstić information content (AvgIpc) is 3.03. The minimum absolute atomic E-state index is 0.0771. The molecule has 0 saturated heterocycles. The van der Waals surface area contributed by atoms with Crippen molar-refractivity contribution in [2.75, 3.05) is 4.72 Å². The van der Waals surface area contributed by atoms with E-state index in [-0.39, 0.29) is 16.3 Å². The van der Waals surface area contributed by atoms with E-state index in [1.807, 2.05) is 36.4 Å². The number of rotatable bonds is 4. The highest BCUT2D eigenvalue weighted by atomic mass is 32.2. The van der Waals surface area contributed by atoms with Crippen LogP contribution < -0.4 is 4.72 Å². The van der Waals surface area contributed by atoms with Crippen molar-refractivity contribution in [2.45, 2.75) is 4.90 Å². The summed E-state index contributed by atoms with van der Waals surface area (Å²) >= 11 is 0. The molecule has 7 heteroatoms. The van der Waals surface area contributed by atoms with Gasteiger partial charge in [0.1, 0.15) is 11.0 Å². The van der Waals surface area contributed by atoms with Crippen LogP contribution in [0.5, 0.6) is 0 Å². The maximum atomic E-state index is 12.4. The lowest BCUT2D eigenvalue weighted by molar-refractivity contribution is 0.600. The van der Waals surface area contributed by atoms with Gasteiger partial charge in [-0.3, -0.25) is 9.82 Å². The topological polar surface area (TPSA) is 98.6 Å². The molecule has 3 aromatic rings. The molecule has 0 saturated carbocycles. The Morgan fingerprint density at radius 1 is 1.04 bits per heavy atom. The minimum Gasteiger partial charge on any atom is -0.276 e. The summed E-state index contributed by atoms with van der Waals surface area (Å²) < 4.78 is 27.2. The van der Waals surface area contributed by atoms with Gasteiger partial charge < -0.3 is 0 Å². The summed E-state index contributed by atoms with van der Waals surface area (Å²) in [6, 6.07) is 18.9. The first-order valence-electron chi connectivity index (χ1n) is 6.73. The van der Waals surface area contributed by atoms with Gasteiger partial charge in [-0.15, -0.1) is 0 Å². The standard InChI is InChI=1S/C16H12N4O2S/c17-11-13-8-4-5-9-15(13)23(21,22)20-16-10-14(18-19-16)12-6-2-1-3-7-12/h1-10H,(H2,18,19,20). The van der Waals surface area contributed by atoms with Crippen LogP contribution in [-0.2, 0) is 10.0 Å². The fraction of sp³-hybridized carbons (Fsp3) is 0. The zero-order valence-electron chi connectivity index (χ0n) is 11.9. The molecule has 2 aromatic carbocycles. The highest BCUT2D eigenvalue weighted by Gasteiger charge is 2.19. The molecular weight excluding hydrogens is 312 g/mol. The number of aromatic amines is 1. The molecule has 0 aliphatic carbocycles. The lowest BCUT2D eigenvalue weighted by atomic mass is 10.2. The fourth-order valence-corrected chi connectivity index (χ4v) is 3.28. The molecule has 0 radical (unpaired) electrons. The molecule has 0 bridgehead atoms. The molecule has 0 unspecified atom stereocenters. The molecule has 0 fully saturated rings. The van der Waals surface area contributed by atoms with Crippen LogP contribution in [0, 0.1) is 11.3 Å². The second-order valence-corrected chi connectivity index (χ2v) is 6.40. The third-order valence-corrected chi connectivity index (χ3v) is 4.61. The van der Waals surface area contributed by atoms with Gasteiger partial charge in [-0.2, -0.15) is 10.4 Å². The van der Waals surface area contributed by atoms with Gasteiger partial charge >= 0.3 is 0 Å². The van der Waals surface area contributed by atoms with E-state index in [0.29, 0.717) is 5.69 Å². The van der Waals surface area contributed by atoms with E-state index in [9.17, 15) is 8.42 Å². The van der Waals surface area contributed by atoms with E-state index in [2.05, 4.69) is 14.9 Å². The zero-order valence-corrected chi connectivity index (χ0v) is 12.7. The third-order valence-electron chi connectivity index (χ3n) is 3.20. The van der Waals surface area contributed by atoms with E-state index < -0.39 is 10.0 Å². The molecule has 114 valence electrons. The number of aromatic nitrogens is 2.